The Hall–Kier alpha value is -1.47. The van der Waals surface area contributed by atoms with Crippen LogP contribution in [0.1, 0.15) is 35.9 Å². The summed E-state index contributed by atoms with van der Waals surface area (Å²) < 4.78 is 14.6. The summed E-state index contributed by atoms with van der Waals surface area (Å²) in [5.41, 5.74) is 0.829. The molecule has 21 heavy (non-hydrogen) atoms. The lowest BCUT2D eigenvalue weighted by molar-refractivity contribution is 0.0695. The van der Waals surface area contributed by atoms with Crippen molar-refractivity contribution in [1.29, 1.82) is 0 Å². The van der Waals surface area contributed by atoms with E-state index in [1.165, 1.54) is 6.07 Å². The van der Waals surface area contributed by atoms with Crippen molar-refractivity contribution in [3.05, 3.63) is 46.2 Å². The van der Waals surface area contributed by atoms with Crippen molar-refractivity contribution in [2.75, 3.05) is 0 Å². The molecule has 2 aromatic rings. The van der Waals surface area contributed by atoms with E-state index < -0.39 is 16.8 Å². The number of hydrogen-bond donors (Lipinski definition) is 1. The number of carbonyl (C=O) groups is 1. The van der Waals surface area contributed by atoms with E-state index in [9.17, 15) is 9.00 Å². The molecule has 0 spiro atoms. The lowest BCUT2D eigenvalue weighted by atomic mass is 10.2. The maximum Gasteiger partial charge on any atom is 0.336 e. The molecule has 1 N–H and O–H groups in total. The summed E-state index contributed by atoms with van der Waals surface area (Å²) in [4.78, 5) is 11.6. The van der Waals surface area contributed by atoms with E-state index in [-0.39, 0.29) is 17.4 Å². The molecule has 1 aromatic heterocycles. The summed E-state index contributed by atoms with van der Waals surface area (Å²) in [6.45, 7) is 4.03. The van der Waals surface area contributed by atoms with Crippen LogP contribution in [0.25, 0.3) is 0 Å². The number of carboxylic acid groups (broad SMARTS) is 1. The summed E-state index contributed by atoms with van der Waals surface area (Å²) in [6, 6.07) is 6.77. The Labute approximate surface area is 133 Å². The second-order valence-electron chi connectivity index (χ2n) is 4.82. The van der Waals surface area contributed by atoms with Gasteiger partial charge in [0, 0.05) is 21.6 Å². The van der Waals surface area contributed by atoms with Crippen LogP contribution in [0.15, 0.2) is 39.8 Å². The molecule has 1 unspecified atom stereocenters. The van der Waals surface area contributed by atoms with Gasteiger partial charge in [-0.15, -0.1) is 0 Å². The Morgan fingerprint density at radius 2 is 2.14 bits per heavy atom. The molecule has 0 aliphatic carbocycles. The van der Waals surface area contributed by atoms with Gasteiger partial charge in [-0.1, -0.05) is 0 Å². The minimum atomic E-state index is -1.33. The number of carboxylic acids is 1. The first-order valence-electron chi connectivity index (χ1n) is 6.33. The highest BCUT2D eigenvalue weighted by Crippen LogP contribution is 2.21. The van der Waals surface area contributed by atoms with Crippen molar-refractivity contribution in [3.8, 4) is 0 Å². The number of hydrogen-bond acceptors (Lipinski definition) is 3. The largest absolute Gasteiger partial charge is 0.478 e. The third kappa shape index (κ3) is 3.79. The first kappa shape index (κ1) is 15.9. The second kappa shape index (κ2) is 6.53. The molecule has 0 amide bonds. The summed E-state index contributed by atoms with van der Waals surface area (Å²) >= 11 is 3.17. The quantitative estimate of drug-likeness (QED) is 0.876. The van der Waals surface area contributed by atoms with Gasteiger partial charge >= 0.3 is 5.97 Å². The number of benzene rings is 1. The second-order valence-corrected chi connectivity index (χ2v) is 7.12. The lowest BCUT2D eigenvalue weighted by Gasteiger charge is -2.05. The Bertz CT molecular complexity index is 697. The molecular formula is C14H15BrN2O3S. The van der Waals surface area contributed by atoms with Gasteiger partial charge in [-0.05, 0) is 54.0 Å². The topological polar surface area (TPSA) is 72.2 Å². The Morgan fingerprint density at radius 1 is 1.43 bits per heavy atom. The van der Waals surface area contributed by atoms with E-state index in [4.69, 9.17) is 5.11 Å². The SMILES string of the molecule is CC(C)n1ccc(CS(=O)c2ccc(Br)c(C(=O)O)c2)n1. The van der Waals surface area contributed by atoms with Gasteiger partial charge in [-0.25, -0.2) is 4.79 Å². The molecule has 1 heterocycles. The molecule has 0 fully saturated rings. The van der Waals surface area contributed by atoms with Gasteiger partial charge in [-0.2, -0.15) is 5.10 Å². The maximum absolute atomic E-state index is 12.3. The summed E-state index contributed by atoms with van der Waals surface area (Å²) in [5, 5.41) is 13.4. The van der Waals surface area contributed by atoms with Crippen LogP contribution in [0.3, 0.4) is 0 Å². The third-order valence-corrected chi connectivity index (χ3v) is 4.93. The first-order valence-corrected chi connectivity index (χ1v) is 8.45. The van der Waals surface area contributed by atoms with Crippen molar-refractivity contribution in [2.24, 2.45) is 0 Å². The number of nitrogens with zero attached hydrogens (tertiary/aromatic N) is 2. The highest BCUT2D eigenvalue weighted by Gasteiger charge is 2.14. The summed E-state index contributed by atoms with van der Waals surface area (Å²) in [7, 11) is -1.33. The van der Waals surface area contributed by atoms with E-state index >= 15 is 0 Å². The van der Waals surface area contributed by atoms with E-state index in [0.29, 0.717) is 9.37 Å². The van der Waals surface area contributed by atoms with Gasteiger partial charge < -0.3 is 5.11 Å². The Morgan fingerprint density at radius 3 is 2.71 bits per heavy atom. The fraction of sp³-hybridized carbons (Fsp3) is 0.286. The van der Waals surface area contributed by atoms with Gasteiger partial charge in [0.1, 0.15) is 0 Å². The van der Waals surface area contributed by atoms with Crippen molar-refractivity contribution < 1.29 is 14.1 Å². The molecule has 0 saturated heterocycles. The van der Waals surface area contributed by atoms with Crippen LogP contribution in [0.4, 0.5) is 0 Å². The van der Waals surface area contributed by atoms with Crippen LogP contribution >= 0.6 is 15.9 Å². The monoisotopic (exact) mass is 370 g/mol. The molecule has 0 radical (unpaired) electrons. The average Bonchev–Trinajstić information content (AvgIpc) is 2.87. The van der Waals surface area contributed by atoms with Gasteiger partial charge in [0.2, 0.25) is 0 Å². The lowest BCUT2D eigenvalue weighted by Crippen LogP contribution is -2.04. The average molecular weight is 371 g/mol. The minimum absolute atomic E-state index is 0.105. The zero-order chi connectivity index (χ0) is 15.6. The molecule has 112 valence electrons. The smallest absolute Gasteiger partial charge is 0.336 e. The Balaban J connectivity index is 2.20. The zero-order valence-electron chi connectivity index (χ0n) is 11.6. The summed E-state index contributed by atoms with van der Waals surface area (Å²) in [5.74, 6) is -0.787. The Kier molecular flexibility index (Phi) is 4.95. The van der Waals surface area contributed by atoms with Crippen molar-refractivity contribution in [2.45, 2.75) is 30.5 Å². The predicted octanol–water partition coefficient (Wildman–Crippen LogP) is 3.23. The predicted molar refractivity (Wildman–Crippen MR) is 83.8 cm³/mol. The van der Waals surface area contributed by atoms with Crippen LogP contribution in [-0.2, 0) is 16.6 Å². The van der Waals surface area contributed by atoms with Crippen molar-refractivity contribution >= 4 is 32.7 Å². The molecule has 7 heteroatoms. The van der Waals surface area contributed by atoms with E-state index in [1.807, 2.05) is 26.1 Å². The molecule has 0 aliphatic heterocycles. The van der Waals surface area contributed by atoms with Crippen LogP contribution < -0.4 is 0 Å². The van der Waals surface area contributed by atoms with Crippen LogP contribution in [0, 0.1) is 0 Å². The normalized spacial score (nSPS) is 12.6. The summed E-state index contributed by atoms with van der Waals surface area (Å²) in [6.07, 6.45) is 1.85. The van der Waals surface area contributed by atoms with Gasteiger partial charge in [0.15, 0.2) is 0 Å². The molecule has 0 saturated carbocycles. The molecule has 0 aliphatic rings. The fourth-order valence-electron chi connectivity index (χ4n) is 1.77. The maximum atomic E-state index is 12.3. The highest BCUT2D eigenvalue weighted by molar-refractivity contribution is 9.10. The third-order valence-electron chi connectivity index (χ3n) is 2.90. The molecule has 0 bridgehead atoms. The first-order chi connectivity index (χ1) is 9.88. The number of aromatic carboxylic acids is 1. The fourth-order valence-corrected chi connectivity index (χ4v) is 3.24. The van der Waals surface area contributed by atoms with Crippen molar-refractivity contribution in [3.63, 3.8) is 0 Å². The molecule has 1 aromatic carbocycles. The number of halogens is 1. The highest BCUT2D eigenvalue weighted by atomic mass is 79.9. The minimum Gasteiger partial charge on any atom is -0.478 e. The van der Waals surface area contributed by atoms with Gasteiger partial charge in [0.05, 0.1) is 27.8 Å². The van der Waals surface area contributed by atoms with Crippen LogP contribution in [0.2, 0.25) is 0 Å². The zero-order valence-corrected chi connectivity index (χ0v) is 14.0. The van der Waals surface area contributed by atoms with Crippen LogP contribution in [0.5, 0.6) is 0 Å². The van der Waals surface area contributed by atoms with E-state index in [2.05, 4.69) is 21.0 Å². The van der Waals surface area contributed by atoms with Crippen molar-refractivity contribution in [1.82, 2.24) is 9.78 Å². The van der Waals surface area contributed by atoms with Crippen LogP contribution in [-0.4, -0.2) is 25.1 Å². The van der Waals surface area contributed by atoms with E-state index in [1.54, 1.807) is 16.8 Å². The van der Waals surface area contributed by atoms with Gasteiger partial charge in [-0.3, -0.25) is 8.89 Å². The standard InChI is InChI=1S/C14H15BrN2O3S/c1-9(2)17-6-5-10(16-17)8-21(20)11-3-4-13(15)12(7-11)14(18)19/h3-7,9H,8H2,1-2H3,(H,18,19). The molecular weight excluding hydrogens is 356 g/mol. The number of rotatable bonds is 5. The molecule has 5 nitrogen and oxygen atoms in total. The van der Waals surface area contributed by atoms with E-state index in [0.717, 1.165) is 5.69 Å². The molecule has 1 atom stereocenters. The number of aromatic nitrogens is 2. The molecule has 2 rings (SSSR count). The van der Waals surface area contributed by atoms with Gasteiger partial charge in [0.25, 0.3) is 0 Å².